The van der Waals surface area contributed by atoms with Crippen molar-refractivity contribution in [3.05, 3.63) is 96.3 Å². The molecule has 1 saturated heterocycles. The molecule has 3 aromatic carbocycles. The van der Waals surface area contributed by atoms with E-state index in [1.54, 1.807) is 4.90 Å². The third kappa shape index (κ3) is 4.09. The van der Waals surface area contributed by atoms with E-state index in [4.69, 9.17) is 0 Å². The van der Waals surface area contributed by atoms with E-state index in [1.165, 1.54) is 36.3 Å². The monoisotopic (exact) mass is 384 g/mol. The van der Waals surface area contributed by atoms with Gasteiger partial charge in [-0.05, 0) is 24.3 Å². The van der Waals surface area contributed by atoms with Crippen molar-refractivity contribution in [2.45, 2.75) is 25.6 Å². The van der Waals surface area contributed by atoms with Crippen LogP contribution in [0.3, 0.4) is 0 Å². The van der Waals surface area contributed by atoms with Gasteiger partial charge in [0.15, 0.2) is 0 Å². The number of likely N-dealkylation sites (tertiary alicyclic amines) is 1. The molecular formula is C25H28N4+2. The Kier molecular flexibility index (Phi) is 5.11. The van der Waals surface area contributed by atoms with Crippen molar-refractivity contribution < 1.29 is 10.2 Å². The van der Waals surface area contributed by atoms with Crippen LogP contribution < -0.4 is 10.2 Å². The molecule has 2 atom stereocenters. The molecular weight excluding hydrogens is 356 g/mol. The van der Waals surface area contributed by atoms with Gasteiger partial charge in [-0.3, -0.25) is 4.57 Å². The summed E-state index contributed by atoms with van der Waals surface area (Å²) in [6.07, 6.45) is 3.22. The first kappa shape index (κ1) is 18.1. The van der Waals surface area contributed by atoms with E-state index in [9.17, 15) is 0 Å². The topological polar surface area (TPSA) is 38.9 Å². The molecule has 1 aliphatic heterocycles. The van der Waals surface area contributed by atoms with E-state index in [0.717, 1.165) is 30.2 Å². The largest absolute Gasteiger partial charge is 0.335 e. The normalized spacial score (nSPS) is 19.0. The average Bonchev–Trinajstić information content (AvgIpc) is 3.40. The summed E-state index contributed by atoms with van der Waals surface area (Å²) in [4.78, 5) is 6.21. The van der Waals surface area contributed by atoms with Crippen molar-refractivity contribution in [2.24, 2.45) is 0 Å². The molecule has 1 aliphatic rings. The van der Waals surface area contributed by atoms with Gasteiger partial charge in [-0.15, -0.1) is 0 Å². The Morgan fingerprint density at radius 1 is 0.897 bits per heavy atom. The SMILES string of the molecule is c1ccc(C[NH+]2CC[C@@H]([NH2+]Cc3ccc(-n4cnc5ccccc54)cc3)C2)cc1. The number of nitrogens with zero attached hydrogens (tertiary/aromatic N) is 2. The number of aromatic nitrogens is 2. The standard InChI is InChI=1S/C25H26N4/c1-2-6-21(7-3-1)17-28-15-14-22(18-28)26-16-20-10-12-23(13-11-20)29-19-27-24-8-4-5-9-25(24)29/h1-13,19,22,26H,14-18H2/p+2/t22-/m1/s1. The van der Waals surface area contributed by atoms with Crippen molar-refractivity contribution in [1.82, 2.24) is 9.55 Å². The molecule has 146 valence electrons. The maximum Gasteiger partial charge on any atom is 0.141 e. The van der Waals surface area contributed by atoms with Gasteiger partial charge in [0.25, 0.3) is 0 Å². The fraction of sp³-hybridized carbons (Fsp3) is 0.240. The zero-order valence-electron chi connectivity index (χ0n) is 16.7. The van der Waals surface area contributed by atoms with Gasteiger partial charge in [-0.25, -0.2) is 4.98 Å². The number of benzene rings is 3. The molecule has 0 bridgehead atoms. The Labute approximate surface area is 171 Å². The van der Waals surface area contributed by atoms with Crippen LogP contribution in [0.25, 0.3) is 16.7 Å². The van der Waals surface area contributed by atoms with E-state index >= 15 is 0 Å². The van der Waals surface area contributed by atoms with E-state index in [0.29, 0.717) is 0 Å². The fourth-order valence-electron chi connectivity index (χ4n) is 4.47. The lowest BCUT2D eigenvalue weighted by Crippen LogP contribution is -3.10. The lowest BCUT2D eigenvalue weighted by atomic mass is 10.1. The molecule has 0 aliphatic carbocycles. The Morgan fingerprint density at radius 3 is 2.55 bits per heavy atom. The van der Waals surface area contributed by atoms with Crippen LogP contribution >= 0.6 is 0 Å². The summed E-state index contributed by atoms with van der Waals surface area (Å²) in [5.41, 5.74) is 6.19. The molecule has 0 radical (unpaired) electrons. The van der Waals surface area contributed by atoms with Crippen LogP contribution in [0.4, 0.5) is 0 Å². The fourth-order valence-corrected chi connectivity index (χ4v) is 4.47. The predicted octanol–water partition coefficient (Wildman–Crippen LogP) is 1.95. The highest BCUT2D eigenvalue weighted by molar-refractivity contribution is 5.77. The number of nitrogens with one attached hydrogen (secondary N) is 1. The minimum Gasteiger partial charge on any atom is -0.335 e. The predicted molar refractivity (Wildman–Crippen MR) is 116 cm³/mol. The molecule has 3 N–H and O–H groups in total. The molecule has 1 unspecified atom stereocenters. The number of fused-ring (bicyclic) bond motifs is 1. The molecule has 4 heteroatoms. The van der Waals surface area contributed by atoms with Crippen molar-refractivity contribution in [2.75, 3.05) is 13.1 Å². The first-order valence-corrected chi connectivity index (χ1v) is 10.6. The molecule has 1 aromatic heterocycles. The summed E-state index contributed by atoms with van der Waals surface area (Å²) in [5, 5.41) is 2.53. The third-order valence-electron chi connectivity index (χ3n) is 6.07. The van der Waals surface area contributed by atoms with Crippen molar-refractivity contribution in [3.8, 4) is 5.69 Å². The molecule has 0 spiro atoms. The Bertz CT molecular complexity index is 1070. The highest BCUT2D eigenvalue weighted by Crippen LogP contribution is 2.18. The van der Waals surface area contributed by atoms with Crippen LogP contribution in [0.15, 0.2) is 85.2 Å². The van der Waals surface area contributed by atoms with Gasteiger partial charge in [-0.2, -0.15) is 0 Å². The van der Waals surface area contributed by atoms with Gasteiger partial charge < -0.3 is 10.2 Å². The number of rotatable bonds is 6. The summed E-state index contributed by atoms with van der Waals surface area (Å²) in [6, 6.07) is 28.8. The van der Waals surface area contributed by atoms with Gasteiger partial charge in [0.05, 0.1) is 24.0 Å². The van der Waals surface area contributed by atoms with Gasteiger partial charge in [0.1, 0.15) is 32.0 Å². The Balaban J connectivity index is 1.17. The molecule has 4 nitrogen and oxygen atoms in total. The van der Waals surface area contributed by atoms with Gasteiger partial charge >= 0.3 is 0 Å². The van der Waals surface area contributed by atoms with Gasteiger partial charge in [0.2, 0.25) is 0 Å². The summed E-state index contributed by atoms with van der Waals surface area (Å²) in [5.74, 6) is 0. The van der Waals surface area contributed by atoms with E-state index < -0.39 is 0 Å². The number of nitrogens with two attached hydrogens (primary N) is 1. The lowest BCUT2D eigenvalue weighted by molar-refractivity contribution is -0.911. The number of imidazole rings is 1. The highest BCUT2D eigenvalue weighted by atomic mass is 15.2. The zero-order valence-corrected chi connectivity index (χ0v) is 16.7. The van der Waals surface area contributed by atoms with Crippen LogP contribution in [0.5, 0.6) is 0 Å². The van der Waals surface area contributed by atoms with Gasteiger partial charge in [0, 0.05) is 16.8 Å². The maximum absolute atomic E-state index is 4.50. The quantitative estimate of drug-likeness (QED) is 0.524. The van der Waals surface area contributed by atoms with Crippen LogP contribution in [0.1, 0.15) is 17.5 Å². The number of quaternary nitrogens is 2. The first-order valence-electron chi connectivity index (χ1n) is 10.6. The van der Waals surface area contributed by atoms with Crippen LogP contribution in [-0.2, 0) is 13.1 Å². The second kappa shape index (κ2) is 8.19. The Morgan fingerprint density at radius 2 is 1.69 bits per heavy atom. The van der Waals surface area contributed by atoms with Gasteiger partial charge in [-0.1, -0.05) is 54.6 Å². The molecule has 0 saturated carbocycles. The van der Waals surface area contributed by atoms with Crippen molar-refractivity contribution in [3.63, 3.8) is 0 Å². The van der Waals surface area contributed by atoms with E-state index in [1.807, 2.05) is 12.4 Å². The minimum atomic E-state index is 0.728. The molecule has 5 rings (SSSR count). The van der Waals surface area contributed by atoms with Crippen LogP contribution in [-0.4, -0.2) is 28.7 Å². The molecule has 1 fully saturated rings. The maximum atomic E-state index is 4.50. The molecule has 2 heterocycles. The Hall–Kier alpha value is -2.95. The van der Waals surface area contributed by atoms with Crippen molar-refractivity contribution >= 4 is 11.0 Å². The second-order valence-electron chi connectivity index (χ2n) is 8.12. The number of hydrogen-bond donors (Lipinski definition) is 2. The third-order valence-corrected chi connectivity index (χ3v) is 6.07. The molecule has 29 heavy (non-hydrogen) atoms. The summed E-state index contributed by atoms with van der Waals surface area (Å²) in [7, 11) is 0. The minimum absolute atomic E-state index is 0.728. The number of para-hydroxylation sites is 2. The summed E-state index contributed by atoms with van der Waals surface area (Å²) >= 11 is 0. The molecule has 0 amide bonds. The smallest absolute Gasteiger partial charge is 0.141 e. The molecule has 4 aromatic rings. The van der Waals surface area contributed by atoms with E-state index in [2.05, 4.69) is 87.7 Å². The van der Waals surface area contributed by atoms with Crippen LogP contribution in [0, 0.1) is 0 Å². The lowest BCUT2D eigenvalue weighted by Gasteiger charge is -2.13. The van der Waals surface area contributed by atoms with Crippen molar-refractivity contribution in [1.29, 1.82) is 0 Å². The van der Waals surface area contributed by atoms with E-state index in [-0.39, 0.29) is 0 Å². The zero-order chi connectivity index (χ0) is 19.5. The average molecular weight is 385 g/mol. The first-order chi connectivity index (χ1) is 14.3. The second-order valence-corrected chi connectivity index (χ2v) is 8.12. The summed E-state index contributed by atoms with van der Waals surface area (Å²) < 4.78 is 2.16. The summed E-state index contributed by atoms with van der Waals surface area (Å²) in [6.45, 7) is 4.74. The van der Waals surface area contributed by atoms with Crippen LogP contribution in [0.2, 0.25) is 0 Å². The highest BCUT2D eigenvalue weighted by Gasteiger charge is 2.28. The number of hydrogen-bond acceptors (Lipinski definition) is 1.